The molecule has 1 rings (SSSR count). The van der Waals surface area contributed by atoms with Gasteiger partial charge in [-0.2, -0.15) is 0 Å². The average Bonchev–Trinajstić information content (AvgIpc) is 2.38. The van der Waals surface area contributed by atoms with E-state index in [-0.39, 0.29) is 23.1 Å². The van der Waals surface area contributed by atoms with Crippen molar-refractivity contribution < 1.29 is 20.6 Å². The minimum absolute atomic E-state index is 0.0234. The third-order valence-corrected chi connectivity index (χ3v) is 1.39. The molecular weight excluding hydrogens is 170 g/mol. The van der Waals surface area contributed by atoms with Crippen LogP contribution in [-0.2, 0) is 11.2 Å². The Bertz CT molecular complexity index is 458. The van der Waals surface area contributed by atoms with Crippen molar-refractivity contribution in [1.29, 1.82) is 2.86 Å². The Kier molecular flexibility index (Phi) is 1.23. The first-order valence-corrected chi connectivity index (χ1v) is 3.52. The third-order valence-electron chi connectivity index (χ3n) is 1.39. The lowest BCUT2D eigenvalue weighted by atomic mass is 10.1. The van der Waals surface area contributed by atoms with Crippen molar-refractivity contribution in [3.05, 3.63) is 29.8 Å². The van der Waals surface area contributed by atoms with Crippen molar-refractivity contribution in [2.24, 2.45) is 5.72 Å². The van der Waals surface area contributed by atoms with Crippen molar-refractivity contribution in [3.8, 4) is 5.75 Å². The number of phenols is 1. The zero-order valence-corrected chi connectivity index (χ0v) is 6.56. The lowest BCUT2D eigenvalue weighted by Crippen LogP contribution is -2.32. The lowest BCUT2D eigenvalue weighted by Gasteiger charge is -2.05. The summed E-state index contributed by atoms with van der Waals surface area (Å²) in [6.45, 7) is 0. The molecule has 4 nitrogen and oxygen atoms in total. The van der Waals surface area contributed by atoms with E-state index in [4.69, 9.17) is 8.43 Å². The molecular formula is C9H11NO3. The van der Waals surface area contributed by atoms with E-state index < -0.39 is 18.4 Å². The highest BCUT2D eigenvalue weighted by atomic mass is 16.4. The first-order valence-electron chi connectivity index (χ1n) is 6.31. The molecule has 0 saturated carbocycles. The SMILES string of the molecule is [2H]OC(=O)[C@H](C([2H])c1ccc([2H])c(O[2H])c1)N([2H])[2H]. The first kappa shape index (κ1) is 4.11. The lowest BCUT2D eigenvalue weighted by molar-refractivity contribution is -0.138. The fraction of sp³-hybridized carbons (Fsp3) is 0.222. The van der Waals surface area contributed by atoms with Gasteiger partial charge in [-0.05, 0) is 24.1 Å². The molecule has 0 aliphatic rings. The molecule has 70 valence electrons. The molecule has 0 saturated heterocycles. The van der Waals surface area contributed by atoms with Crippen molar-refractivity contribution in [1.82, 2.24) is 0 Å². The number of aromatic hydroxyl groups is 1. The Balaban J connectivity index is 3.09. The van der Waals surface area contributed by atoms with E-state index in [0.717, 1.165) is 0 Å². The molecule has 0 radical (unpaired) electrons. The monoisotopic (exact) mass is 187 g/mol. The van der Waals surface area contributed by atoms with Crippen LogP contribution in [0.1, 0.15) is 8.30 Å². The van der Waals surface area contributed by atoms with Gasteiger partial charge in [-0.1, -0.05) is 12.1 Å². The molecule has 2 atom stereocenters. The van der Waals surface area contributed by atoms with E-state index in [9.17, 15) is 4.79 Å². The summed E-state index contributed by atoms with van der Waals surface area (Å²) in [7, 11) is 0. The standard InChI is InChI=1S/C9H11NO3/c10-8(9(12)13)5-6-2-1-3-7(11)4-6/h1-4,8,11H,5,10H2,(H,12,13)/t8-/m0/s1/i3D,5D/hD4/t5?,8-. The van der Waals surface area contributed by atoms with Gasteiger partial charge in [-0.3, -0.25) is 4.79 Å². The van der Waals surface area contributed by atoms with Gasteiger partial charge in [0.25, 0.3) is 2.86 Å². The number of hydrogen-bond donors (Lipinski definition) is 3. The Morgan fingerprint density at radius 3 is 3.62 bits per heavy atom. The molecule has 0 heterocycles. The zero-order chi connectivity index (χ0) is 14.6. The van der Waals surface area contributed by atoms with Crippen LogP contribution in [0.15, 0.2) is 24.2 Å². The highest BCUT2D eigenvalue weighted by molar-refractivity contribution is 5.73. The number of rotatable bonds is 5. The summed E-state index contributed by atoms with van der Waals surface area (Å²) in [4.78, 5) is 11.3. The van der Waals surface area contributed by atoms with Crippen molar-refractivity contribution in [2.45, 2.75) is 12.4 Å². The van der Waals surface area contributed by atoms with E-state index in [1.807, 2.05) is 0 Å². The topological polar surface area (TPSA) is 83.5 Å². The Morgan fingerprint density at radius 2 is 2.92 bits per heavy atom. The number of carbonyl (C=O) groups is 1. The maximum absolute atomic E-state index is 11.3. The highest BCUT2D eigenvalue weighted by Gasteiger charge is 2.11. The molecule has 0 fully saturated rings. The minimum Gasteiger partial charge on any atom is -0.508 e. The Hall–Kier alpha value is -1.55. The van der Waals surface area contributed by atoms with Gasteiger partial charge >= 0.3 is 5.97 Å². The predicted molar refractivity (Wildman–Crippen MR) is 47.4 cm³/mol. The van der Waals surface area contributed by atoms with E-state index in [2.05, 4.69) is 10.2 Å². The van der Waals surface area contributed by atoms with Crippen molar-refractivity contribution >= 4 is 5.97 Å². The molecule has 13 heavy (non-hydrogen) atoms. The number of benzene rings is 1. The first-order chi connectivity index (χ1) is 8.92. The molecule has 0 spiro atoms. The van der Waals surface area contributed by atoms with Gasteiger partial charge in [-0.15, -0.1) is 0 Å². The molecule has 0 aliphatic carbocycles. The molecule has 4 heteroatoms. The summed E-state index contributed by atoms with van der Waals surface area (Å²) in [5.41, 5.74) is 0.142. The summed E-state index contributed by atoms with van der Waals surface area (Å²) in [6.07, 6.45) is -1.39. The van der Waals surface area contributed by atoms with Crippen LogP contribution < -0.4 is 5.72 Å². The summed E-state index contributed by atoms with van der Waals surface area (Å²) >= 11 is 0. The molecule has 1 unspecified atom stereocenters. The van der Waals surface area contributed by atoms with Crippen LogP contribution in [0.4, 0.5) is 0 Å². The van der Waals surface area contributed by atoms with Crippen molar-refractivity contribution in [2.75, 3.05) is 0 Å². The van der Waals surface area contributed by atoms with Gasteiger partial charge in [0.15, 0.2) is 0 Å². The van der Waals surface area contributed by atoms with Crippen LogP contribution in [0.25, 0.3) is 1.43 Å². The van der Waals surface area contributed by atoms with Gasteiger partial charge in [0.2, 0.25) is 0 Å². The van der Waals surface area contributed by atoms with Gasteiger partial charge in [0, 0.05) is 1.37 Å². The van der Waals surface area contributed by atoms with Gasteiger partial charge < -0.3 is 15.9 Å². The fourth-order valence-corrected chi connectivity index (χ4v) is 0.815. The maximum Gasteiger partial charge on any atom is 0.320 e. The molecule has 0 aliphatic heterocycles. The van der Waals surface area contributed by atoms with Gasteiger partial charge in [0.1, 0.15) is 14.6 Å². The number of carboxylic acid groups (broad SMARTS) is 1. The van der Waals surface area contributed by atoms with Crippen LogP contribution in [0.3, 0.4) is 0 Å². The molecule has 4 N–H and O–H groups in total. The van der Waals surface area contributed by atoms with Crippen LogP contribution in [0, 0.1) is 0 Å². The van der Waals surface area contributed by atoms with Gasteiger partial charge in [0.05, 0.1) is 1.37 Å². The molecule has 1 aromatic rings. The Labute approximate surface area is 84.3 Å². The quantitative estimate of drug-likeness (QED) is 0.621. The van der Waals surface area contributed by atoms with E-state index in [0.29, 0.717) is 0 Å². The van der Waals surface area contributed by atoms with Crippen LogP contribution in [0.2, 0.25) is 2.82 Å². The second-order valence-electron chi connectivity index (χ2n) is 2.42. The molecule has 0 bridgehead atoms. The number of nitrogens with two attached hydrogens (primary N) is 1. The van der Waals surface area contributed by atoms with Crippen LogP contribution in [-0.4, -0.2) is 23.7 Å². The fourth-order valence-electron chi connectivity index (χ4n) is 0.815. The maximum atomic E-state index is 11.3. The summed E-state index contributed by atoms with van der Waals surface area (Å²) in [6, 6.07) is 2.12. The molecule has 1 aromatic carbocycles. The zero-order valence-electron chi connectivity index (χ0n) is 12.6. The molecule has 0 aromatic heterocycles. The van der Waals surface area contributed by atoms with E-state index in [1.165, 1.54) is 18.2 Å². The predicted octanol–water partition coefficient (Wildman–Crippen LogP) is 0.347. The second kappa shape index (κ2) is 3.91. The largest absolute Gasteiger partial charge is 0.508 e. The highest BCUT2D eigenvalue weighted by Crippen LogP contribution is 2.11. The summed E-state index contributed by atoms with van der Waals surface area (Å²) < 4.78 is 42.6. The minimum atomic E-state index is -1.62. The summed E-state index contributed by atoms with van der Waals surface area (Å²) in [5, 5.41) is 7.88. The second-order valence-corrected chi connectivity index (χ2v) is 2.42. The summed E-state index contributed by atoms with van der Waals surface area (Å²) in [5.74, 6) is -1.33. The number of phenolic OH excluding ortho intramolecular Hbond substituents is 1. The third kappa shape index (κ3) is 2.76. The van der Waals surface area contributed by atoms with Crippen LogP contribution in [0.5, 0.6) is 5.75 Å². The smallest absolute Gasteiger partial charge is 0.320 e. The van der Waals surface area contributed by atoms with E-state index >= 15 is 0 Å². The van der Waals surface area contributed by atoms with Gasteiger partial charge in [-0.25, -0.2) is 0 Å². The van der Waals surface area contributed by atoms with Crippen LogP contribution >= 0.6 is 0 Å². The molecule has 0 amide bonds. The number of hydrogen-bond acceptors (Lipinski definition) is 4. The Morgan fingerprint density at radius 1 is 2.00 bits per heavy atom. The van der Waals surface area contributed by atoms with Crippen molar-refractivity contribution in [3.63, 3.8) is 0 Å². The normalized spacial score (nSPS) is 21.0. The average molecular weight is 187 g/mol. The number of aliphatic carboxylic acids is 1. The van der Waals surface area contributed by atoms with E-state index in [1.54, 1.807) is 0 Å². The number of carboxylic acids is 1.